The van der Waals surface area contributed by atoms with Crippen LogP contribution in [0.5, 0.6) is 0 Å². The van der Waals surface area contributed by atoms with E-state index in [-0.39, 0.29) is 5.60 Å². The van der Waals surface area contributed by atoms with Crippen molar-refractivity contribution in [2.24, 2.45) is 35.0 Å². The fraction of sp³-hybridized carbons (Fsp3) is 1.00. The van der Waals surface area contributed by atoms with Crippen molar-refractivity contribution in [3.05, 3.63) is 0 Å². The van der Waals surface area contributed by atoms with E-state index < -0.39 is 0 Å². The molecule has 3 rings (SSSR count). The lowest BCUT2D eigenvalue weighted by Gasteiger charge is -2.46. The zero-order valence-corrected chi connectivity index (χ0v) is 21.0. The first-order valence-electron chi connectivity index (χ1n) is 12.9. The average Bonchev–Trinajstić information content (AvgIpc) is 2.67. The van der Waals surface area contributed by atoms with Crippen molar-refractivity contribution in [2.75, 3.05) is 19.8 Å². The lowest BCUT2D eigenvalue weighted by Crippen LogP contribution is -2.44. The van der Waals surface area contributed by atoms with Crippen molar-refractivity contribution in [3.63, 3.8) is 0 Å². The molecule has 3 aliphatic heterocycles. The highest BCUT2D eigenvalue weighted by molar-refractivity contribution is 4.90. The van der Waals surface area contributed by atoms with Crippen LogP contribution in [0.2, 0.25) is 0 Å². The third kappa shape index (κ3) is 6.45. The summed E-state index contributed by atoms with van der Waals surface area (Å²) in [6.45, 7) is 19.6. The molecule has 176 valence electrons. The molecule has 3 nitrogen and oxygen atoms in total. The summed E-state index contributed by atoms with van der Waals surface area (Å²) in [5, 5.41) is 0. The molecule has 0 N–H and O–H groups in total. The third-order valence-corrected chi connectivity index (χ3v) is 9.06. The van der Waals surface area contributed by atoms with Gasteiger partial charge in [-0.1, -0.05) is 34.6 Å². The Hall–Kier alpha value is -0.120. The van der Waals surface area contributed by atoms with Gasteiger partial charge in [-0.25, -0.2) is 0 Å². The average molecular weight is 423 g/mol. The maximum Gasteiger partial charge on any atom is 0.0633 e. The second kappa shape index (κ2) is 10.2. The van der Waals surface area contributed by atoms with Crippen molar-refractivity contribution < 1.29 is 14.2 Å². The molecule has 0 spiro atoms. The minimum atomic E-state index is -0.00287. The van der Waals surface area contributed by atoms with E-state index in [2.05, 4.69) is 48.5 Å². The van der Waals surface area contributed by atoms with Crippen LogP contribution in [-0.4, -0.2) is 37.6 Å². The molecule has 0 bridgehead atoms. The van der Waals surface area contributed by atoms with E-state index in [1.54, 1.807) is 0 Å². The molecule has 3 heterocycles. The van der Waals surface area contributed by atoms with Gasteiger partial charge in [0, 0.05) is 19.8 Å². The van der Waals surface area contributed by atoms with Gasteiger partial charge in [-0.3, -0.25) is 0 Å². The number of rotatable bonds is 7. The first-order chi connectivity index (χ1) is 14.1. The van der Waals surface area contributed by atoms with Gasteiger partial charge in [0.05, 0.1) is 17.8 Å². The standard InChI is InChI=1S/C27H50O3/c1-19(2)27(7)10-13-29-25(18-27)15-21(4)23-16-24(30-26(5,6)17-23)14-20(3)22-8-11-28-12-9-22/h19-25H,8-18H2,1-7H3. The lowest BCUT2D eigenvalue weighted by molar-refractivity contribution is -0.145. The summed E-state index contributed by atoms with van der Waals surface area (Å²) >= 11 is 0. The first kappa shape index (κ1) is 24.5. The summed E-state index contributed by atoms with van der Waals surface area (Å²) in [5.74, 6) is 3.73. The van der Waals surface area contributed by atoms with Crippen LogP contribution in [-0.2, 0) is 14.2 Å². The van der Waals surface area contributed by atoms with Gasteiger partial charge in [-0.15, -0.1) is 0 Å². The van der Waals surface area contributed by atoms with Crippen molar-refractivity contribution in [2.45, 2.75) is 118 Å². The minimum absolute atomic E-state index is 0.00287. The van der Waals surface area contributed by atoms with Crippen molar-refractivity contribution in [1.82, 2.24) is 0 Å². The van der Waals surface area contributed by atoms with Crippen molar-refractivity contribution in [3.8, 4) is 0 Å². The zero-order valence-electron chi connectivity index (χ0n) is 21.0. The van der Waals surface area contributed by atoms with E-state index in [0.717, 1.165) is 43.5 Å². The number of ether oxygens (including phenoxy) is 3. The molecule has 0 saturated carbocycles. The molecule has 0 aromatic carbocycles. The summed E-state index contributed by atoms with van der Waals surface area (Å²) in [7, 11) is 0. The van der Waals surface area contributed by atoms with Gasteiger partial charge < -0.3 is 14.2 Å². The molecule has 6 atom stereocenters. The molecular weight excluding hydrogens is 372 g/mol. The second-order valence-electron chi connectivity index (χ2n) is 12.3. The summed E-state index contributed by atoms with van der Waals surface area (Å²) in [6, 6.07) is 0. The largest absolute Gasteiger partial charge is 0.381 e. The molecule has 0 amide bonds. The van der Waals surface area contributed by atoms with Gasteiger partial charge in [-0.2, -0.15) is 0 Å². The number of hydrogen-bond donors (Lipinski definition) is 0. The molecule has 0 aromatic rings. The summed E-state index contributed by atoms with van der Waals surface area (Å²) in [5.41, 5.74) is 0.441. The van der Waals surface area contributed by atoms with Crippen LogP contribution in [0.1, 0.15) is 99.8 Å². The highest BCUT2D eigenvalue weighted by atomic mass is 16.5. The minimum Gasteiger partial charge on any atom is -0.381 e. The predicted octanol–water partition coefficient (Wildman–Crippen LogP) is 6.88. The SMILES string of the molecule is CC(CC1CC(C(C)CC2CC(C)(C(C)C)CCO2)CC(C)(C)O1)C1CCOCC1. The molecule has 30 heavy (non-hydrogen) atoms. The Bertz CT molecular complexity index is 524. The Morgan fingerprint density at radius 1 is 0.800 bits per heavy atom. The highest BCUT2D eigenvalue weighted by Gasteiger charge is 2.40. The van der Waals surface area contributed by atoms with Crippen LogP contribution in [0.4, 0.5) is 0 Å². The molecule has 3 saturated heterocycles. The molecule has 0 radical (unpaired) electrons. The summed E-state index contributed by atoms with van der Waals surface area (Å²) in [4.78, 5) is 0. The third-order valence-electron chi connectivity index (χ3n) is 9.06. The Balaban J connectivity index is 1.56. The molecule has 0 aliphatic carbocycles. The smallest absolute Gasteiger partial charge is 0.0633 e. The maximum absolute atomic E-state index is 6.61. The normalized spacial score (nSPS) is 37.8. The fourth-order valence-electron chi connectivity index (χ4n) is 6.49. The van der Waals surface area contributed by atoms with E-state index in [1.807, 2.05) is 0 Å². The van der Waals surface area contributed by atoms with Gasteiger partial charge in [0.15, 0.2) is 0 Å². The van der Waals surface area contributed by atoms with E-state index >= 15 is 0 Å². The molecule has 6 unspecified atom stereocenters. The van der Waals surface area contributed by atoms with Gasteiger partial charge in [0.1, 0.15) is 0 Å². The first-order valence-corrected chi connectivity index (χ1v) is 12.9. The fourth-order valence-corrected chi connectivity index (χ4v) is 6.49. The van der Waals surface area contributed by atoms with Gasteiger partial charge in [0.25, 0.3) is 0 Å². The van der Waals surface area contributed by atoms with Crippen LogP contribution in [0.15, 0.2) is 0 Å². The molecule has 0 aromatic heterocycles. The lowest BCUT2D eigenvalue weighted by atomic mass is 9.69. The Morgan fingerprint density at radius 3 is 2.10 bits per heavy atom. The molecule has 3 fully saturated rings. The zero-order chi connectivity index (χ0) is 21.9. The van der Waals surface area contributed by atoms with Crippen molar-refractivity contribution in [1.29, 1.82) is 0 Å². The van der Waals surface area contributed by atoms with Crippen LogP contribution in [0.25, 0.3) is 0 Å². The van der Waals surface area contributed by atoms with Crippen LogP contribution >= 0.6 is 0 Å². The van der Waals surface area contributed by atoms with Crippen molar-refractivity contribution >= 4 is 0 Å². The highest BCUT2D eigenvalue weighted by Crippen LogP contribution is 2.44. The van der Waals surface area contributed by atoms with E-state index in [0.29, 0.717) is 23.5 Å². The molecular formula is C27H50O3. The molecule has 3 aliphatic rings. The second-order valence-corrected chi connectivity index (χ2v) is 12.3. The Kier molecular flexibility index (Phi) is 8.35. The predicted molar refractivity (Wildman–Crippen MR) is 125 cm³/mol. The van der Waals surface area contributed by atoms with Gasteiger partial charge in [0.2, 0.25) is 0 Å². The maximum atomic E-state index is 6.61. The summed E-state index contributed by atoms with van der Waals surface area (Å²) < 4.78 is 18.5. The van der Waals surface area contributed by atoms with Crippen LogP contribution in [0, 0.1) is 35.0 Å². The van der Waals surface area contributed by atoms with Crippen LogP contribution in [0.3, 0.4) is 0 Å². The molecule has 3 heteroatoms. The van der Waals surface area contributed by atoms with E-state index in [4.69, 9.17) is 14.2 Å². The number of hydrogen-bond acceptors (Lipinski definition) is 3. The van der Waals surface area contributed by atoms with Gasteiger partial charge in [-0.05, 0) is 100 Å². The Morgan fingerprint density at radius 2 is 1.43 bits per heavy atom. The summed E-state index contributed by atoms with van der Waals surface area (Å²) in [6.07, 6.45) is 10.6. The van der Waals surface area contributed by atoms with Crippen LogP contribution < -0.4 is 0 Å². The quantitative estimate of drug-likeness (QED) is 0.447. The topological polar surface area (TPSA) is 27.7 Å². The van der Waals surface area contributed by atoms with E-state index in [1.165, 1.54) is 51.4 Å². The van der Waals surface area contributed by atoms with Gasteiger partial charge >= 0.3 is 0 Å². The Labute approximate surface area is 187 Å². The van der Waals surface area contributed by atoms with E-state index in [9.17, 15) is 0 Å². The monoisotopic (exact) mass is 422 g/mol.